The number of urea groups is 1. The second-order valence-electron chi connectivity index (χ2n) is 7.55. The molecule has 0 unspecified atom stereocenters. The molecule has 0 spiro atoms. The normalized spacial score (nSPS) is 15.0. The van der Waals surface area contributed by atoms with Crippen LogP contribution in [0.1, 0.15) is 67.0 Å². The second-order valence-corrected chi connectivity index (χ2v) is 7.55. The van der Waals surface area contributed by atoms with E-state index in [1.807, 2.05) is 11.5 Å². The molecule has 1 saturated heterocycles. The number of imidazole rings is 1. The predicted molar refractivity (Wildman–Crippen MR) is 116 cm³/mol. The summed E-state index contributed by atoms with van der Waals surface area (Å²) >= 11 is 0. The van der Waals surface area contributed by atoms with Crippen LogP contribution in [0.2, 0.25) is 0 Å². The molecule has 8 heteroatoms. The molecule has 1 fully saturated rings. The third-order valence-electron chi connectivity index (χ3n) is 5.31. The second kappa shape index (κ2) is 10.1. The van der Waals surface area contributed by atoms with Gasteiger partial charge < -0.3 is 9.67 Å². The van der Waals surface area contributed by atoms with Crippen molar-refractivity contribution >= 4 is 24.0 Å². The third-order valence-corrected chi connectivity index (χ3v) is 5.31. The van der Waals surface area contributed by atoms with Crippen LogP contribution in [0.25, 0.3) is 6.08 Å². The Hall–Kier alpha value is -3.42. The van der Waals surface area contributed by atoms with E-state index in [0.717, 1.165) is 37.9 Å². The van der Waals surface area contributed by atoms with E-state index in [1.165, 1.54) is 4.90 Å². The molecule has 1 aromatic carbocycles. The fourth-order valence-electron chi connectivity index (χ4n) is 3.58. The van der Waals surface area contributed by atoms with Crippen LogP contribution in [0.5, 0.6) is 0 Å². The largest absolute Gasteiger partial charge is 0.478 e. The monoisotopic (exact) mass is 424 g/mol. The van der Waals surface area contributed by atoms with Gasteiger partial charge in [-0.15, -0.1) is 0 Å². The van der Waals surface area contributed by atoms with Gasteiger partial charge in [0.15, 0.2) is 0 Å². The van der Waals surface area contributed by atoms with Crippen LogP contribution < -0.4 is 5.32 Å². The molecule has 0 radical (unpaired) electrons. The van der Waals surface area contributed by atoms with Crippen LogP contribution in [-0.4, -0.2) is 44.0 Å². The highest BCUT2D eigenvalue weighted by Crippen LogP contribution is 2.21. The molecule has 0 atom stereocenters. The number of amides is 3. The molecule has 0 aliphatic carbocycles. The van der Waals surface area contributed by atoms with E-state index in [4.69, 9.17) is 0 Å². The van der Waals surface area contributed by atoms with Crippen molar-refractivity contribution < 1.29 is 19.5 Å². The number of carboxylic acid groups (broad SMARTS) is 1. The number of aromatic carboxylic acids is 1. The zero-order valence-electron chi connectivity index (χ0n) is 17.9. The molecule has 31 heavy (non-hydrogen) atoms. The molecule has 2 aromatic rings. The first-order chi connectivity index (χ1) is 15.0. The lowest BCUT2D eigenvalue weighted by Crippen LogP contribution is -2.28. The minimum absolute atomic E-state index is 0.231. The average Bonchev–Trinajstić information content (AvgIpc) is 3.25. The molecule has 2 N–H and O–H groups in total. The van der Waals surface area contributed by atoms with Crippen LogP contribution in [0.15, 0.2) is 36.2 Å². The summed E-state index contributed by atoms with van der Waals surface area (Å²) in [6.45, 7) is 4.88. The summed E-state index contributed by atoms with van der Waals surface area (Å²) in [4.78, 5) is 42.3. The number of benzene rings is 1. The summed E-state index contributed by atoms with van der Waals surface area (Å²) in [6.07, 6.45) is 7.70. The number of imide groups is 1. The standard InChI is InChI=1S/C23H28N4O4/c1-3-5-11-20-24-14-17(13-19-21(28)25-23(31)26(19)12-6-4-2)27(20)15-16-9-7-8-10-18(16)22(29)30/h7-10,13-14H,3-6,11-12,15H2,1-2H3,(H,29,30)(H,25,28,31). The van der Waals surface area contributed by atoms with Crippen molar-refractivity contribution in [1.29, 1.82) is 0 Å². The minimum Gasteiger partial charge on any atom is -0.478 e. The summed E-state index contributed by atoms with van der Waals surface area (Å²) in [5.74, 6) is -0.606. The van der Waals surface area contributed by atoms with Gasteiger partial charge in [-0.2, -0.15) is 0 Å². The number of carboxylic acids is 1. The lowest BCUT2D eigenvalue weighted by molar-refractivity contribution is -0.116. The highest BCUT2D eigenvalue weighted by Gasteiger charge is 2.32. The number of nitrogens with zero attached hydrogens (tertiary/aromatic N) is 3. The molecule has 0 bridgehead atoms. The predicted octanol–water partition coefficient (Wildman–Crippen LogP) is 3.67. The van der Waals surface area contributed by atoms with Gasteiger partial charge in [-0.05, 0) is 30.5 Å². The van der Waals surface area contributed by atoms with Gasteiger partial charge >= 0.3 is 12.0 Å². The van der Waals surface area contributed by atoms with Gasteiger partial charge in [-0.25, -0.2) is 14.6 Å². The first-order valence-electron chi connectivity index (χ1n) is 10.7. The van der Waals surface area contributed by atoms with Crippen molar-refractivity contribution in [3.8, 4) is 0 Å². The van der Waals surface area contributed by atoms with Gasteiger partial charge in [0.1, 0.15) is 11.5 Å². The molecule has 2 heterocycles. The van der Waals surface area contributed by atoms with Crippen LogP contribution in [0.3, 0.4) is 0 Å². The maximum Gasteiger partial charge on any atom is 0.336 e. The Morgan fingerprint density at radius 3 is 2.61 bits per heavy atom. The lowest BCUT2D eigenvalue weighted by atomic mass is 10.1. The number of hydrogen-bond acceptors (Lipinski definition) is 4. The maximum absolute atomic E-state index is 12.4. The van der Waals surface area contributed by atoms with Gasteiger partial charge in [-0.3, -0.25) is 15.0 Å². The highest BCUT2D eigenvalue weighted by atomic mass is 16.4. The van der Waals surface area contributed by atoms with E-state index in [9.17, 15) is 19.5 Å². The number of rotatable bonds is 10. The molecule has 3 amide bonds. The topological polar surface area (TPSA) is 105 Å². The van der Waals surface area contributed by atoms with E-state index in [-0.39, 0.29) is 11.3 Å². The van der Waals surface area contributed by atoms with Crippen LogP contribution in [0.4, 0.5) is 4.79 Å². The molecule has 0 saturated carbocycles. The quantitative estimate of drug-likeness (QED) is 0.447. The van der Waals surface area contributed by atoms with Crippen molar-refractivity contribution in [2.45, 2.75) is 52.5 Å². The van der Waals surface area contributed by atoms with Crippen molar-refractivity contribution in [2.75, 3.05) is 6.54 Å². The fourth-order valence-corrected chi connectivity index (χ4v) is 3.58. The Labute approximate surface area is 181 Å². The minimum atomic E-state index is -0.989. The summed E-state index contributed by atoms with van der Waals surface area (Å²) in [5, 5.41) is 11.9. The third kappa shape index (κ3) is 5.02. The summed E-state index contributed by atoms with van der Waals surface area (Å²) < 4.78 is 1.93. The van der Waals surface area contributed by atoms with E-state index in [1.54, 1.807) is 36.5 Å². The molecule has 1 aromatic heterocycles. The first kappa shape index (κ1) is 22.3. The molecule has 1 aliphatic rings. The van der Waals surface area contributed by atoms with Gasteiger partial charge in [0.05, 0.1) is 24.0 Å². The van der Waals surface area contributed by atoms with Gasteiger partial charge in [0, 0.05) is 13.0 Å². The molecular weight excluding hydrogens is 396 g/mol. The highest BCUT2D eigenvalue weighted by molar-refractivity contribution is 6.13. The van der Waals surface area contributed by atoms with Crippen molar-refractivity contribution in [2.24, 2.45) is 0 Å². The van der Waals surface area contributed by atoms with E-state index < -0.39 is 17.9 Å². The number of aryl methyl sites for hydroxylation is 1. The number of carbonyl (C=O) groups is 3. The maximum atomic E-state index is 12.4. The average molecular weight is 425 g/mol. The molecule has 3 rings (SSSR count). The Kier molecular flexibility index (Phi) is 7.23. The zero-order valence-corrected chi connectivity index (χ0v) is 17.9. The number of carbonyl (C=O) groups excluding carboxylic acids is 2. The van der Waals surface area contributed by atoms with Crippen molar-refractivity contribution in [3.05, 3.63) is 58.8 Å². The molecular formula is C23H28N4O4. The Morgan fingerprint density at radius 1 is 1.16 bits per heavy atom. The van der Waals surface area contributed by atoms with Crippen molar-refractivity contribution in [1.82, 2.24) is 19.8 Å². The SMILES string of the molecule is CCCCc1ncc(C=C2C(=O)NC(=O)N2CCCC)n1Cc1ccccc1C(=O)O. The van der Waals surface area contributed by atoms with Crippen LogP contribution in [-0.2, 0) is 17.8 Å². The van der Waals surface area contributed by atoms with Crippen LogP contribution >= 0.6 is 0 Å². The number of nitrogens with one attached hydrogen (secondary N) is 1. The van der Waals surface area contributed by atoms with Gasteiger partial charge in [0.2, 0.25) is 0 Å². The number of hydrogen-bond donors (Lipinski definition) is 2. The first-order valence-corrected chi connectivity index (χ1v) is 10.7. The van der Waals surface area contributed by atoms with Crippen molar-refractivity contribution in [3.63, 3.8) is 0 Å². The molecule has 8 nitrogen and oxygen atoms in total. The van der Waals surface area contributed by atoms with Crippen LogP contribution in [0, 0.1) is 0 Å². The molecule has 1 aliphatic heterocycles. The van der Waals surface area contributed by atoms with E-state index >= 15 is 0 Å². The Bertz CT molecular complexity index is 1010. The smallest absolute Gasteiger partial charge is 0.336 e. The summed E-state index contributed by atoms with van der Waals surface area (Å²) in [7, 11) is 0. The summed E-state index contributed by atoms with van der Waals surface area (Å²) in [6, 6.07) is 6.44. The van der Waals surface area contributed by atoms with Gasteiger partial charge in [-0.1, -0.05) is 44.9 Å². The Balaban J connectivity index is 2.02. The van der Waals surface area contributed by atoms with E-state index in [2.05, 4.69) is 17.2 Å². The molecule has 164 valence electrons. The zero-order chi connectivity index (χ0) is 22.4. The summed E-state index contributed by atoms with van der Waals surface area (Å²) in [5.41, 5.74) is 1.83. The van der Waals surface area contributed by atoms with E-state index in [0.29, 0.717) is 24.3 Å². The lowest BCUT2D eigenvalue weighted by Gasteiger charge is -2.16. The Morgan fingerprint density at radius 2 is 1.90 bits per heavy atom. The van der Waals surface area contributed by atoms with Gasteiger partial charge in [0.25, 0.3) is 5.91 Å². The number of aromatic nitrogens is 2. The number of unbranched alkanes of at least 4 members (excludes halogenated alkanes) is 2. The fraction of sp³-hybridized carbons (Fsp3) is 0.391.